The monoisotopic (exact) mass is 300 g/mol. The molecule has 1 aliphatic heterocycles. The Bertz CT molecular complexity index is 570. The van der Waals surface area contributed by atoms with E-state index in [4.69, 9.17) is 0 Å². The predicted octanol–water partition coefficient (Wildman–Crippen LogP) is 2.30. The number of amides is 2. The van der Waals surface area contributed by atoms with E-state index in [9.17, 15) is 22.8 Å². The van der Waals surface area contributed by atoms with Crippen LogP contribution in [0.25, 0.3) is 0 Å². The number of carbonyl (C=O) groups excluding carboxylic acids is 2. The van der Waals surface area contributed by atoms with E-state index >= 15 is 0 Å². The molecule has 1 N–H and O–H groups in total. The fraction of sp³-hybridized carbons (Fsp3) is 0.429. The maximum Gasteiger partial charge on any atom is 0.227 e. The van der Waals surface area contributed by atoms with Crippen molar-refractivity contribution in [3.8, 4) is 0 Å². The lowest BCUT2D eigenvalue weighted by molar-refractivity contribution is -0.132. The third-order valence-electron chi connectivity index (χ3n) is 3.60. The second-order valence-corrected chi connectivity index (χ2v) is 4.99. The van der Waals surface area contributed by atoms with Crippen molar-refractivity contribution in [1.82, 2.24) is 4.90 Å². The molecule has 1 saturated heterocycles. The summed E-state index contributed by atoms with van der Waals surface area (Å²) in [6.07, 6.45) is 0.910. The quantitative estimate of drug-likeness (QED) is 0.852. The van der Waals surface area contributed by atoms with E-state index in [1.54, 1.807) is 4.90 Å². The fourth-order valence-electron chi connectivity index (χ4n) is 2.31. The van der Waals surface area contributed by atoms with Crippen LogP contribution in [0.15, 0.2) is 12.1 Å². The van der Waals surface area contributed by atoms with E-state index in [-0.39, 0.29) is 17.5 Å². The minimum absolute atomic E-state index is 0.0551. The van der Waals surface area contributed by atoms with Crippen LogP contribution < -0.4 is 5.32 Å². The third kappa shape index (κ3) is 3.34. The molecule has 1 fully saturated rings. The molecule has 21 heavy (non-hydrogen) atoms. The zero-order valence-electron chi connectivity index (χ0n) is 11.5. The first-order valence-corrected chi connectivity index (χ1v) is 6.60. The average Bonchev–Trinajstić information content (AvgIpc) is 2.48. The average molecular weight is 300 g/mol. The molecule has 2 rings (SSSR count). The molecule has 1 aromatic rings. The van der Waals surface area contributed by atoms with Crippen LogP contribution in [0.4, 0.5) is 18.9 Å². The Morgan fingerprint density at radius 1 is 1.14 bits per heavy atom. The molecule has 0 atom stereocenters. The molecule has 114 valence electrons. The molecule has 0 spiro atoms. The molecular formula is C14H15F3N2O2. The molecule has 0 radical (unpaired) electrons. The Morgan fingerprint density at radius 2 is 1.76 bits per heavy atom. The third-order valence-corrected chi connectivity index (χ3v) is 3.60. The van der Waals surface area contributed by atoms with Crippen molar-refractivity contribution in [3.05, 3.63) is 29.6 Å². The van der Waals surface area contributed by atoms with Crippen LogP contribution in [-0.4, -0.2) is 29.8 Å². The number of nitrogens with zero attached hydrogens (tertiary/aromatic N) is 1. The summed E-state index contributed by atoms with van der Waals surface area (Å²) < 4.78 is 39.4. The van der Waals surface area contributed by atoms with E-state index in [2.05, 4.69) is 5.32 Å². The molecule has 2 amide bonds. The summed E-state index contributed by atoms with van der Waals surface area (Å²) in [7, 11) is 0. The molecule has 0 saturated carbocycles. The summed E-state index contributed by atoms with van der Waals surface area (Å²) in [4.78, 5) is 24.8. The van der Waals surface area contributed by atoms with Crippen LogP contribution in [0.3, 0.4) is 0 Å². The summed E-state index contributed by atoms with van der Waals surface area (Å²) in [5.74, 6) is -5.22. The van der Waals surface area contributed by atoms with Gasteiger partial charge in [-0.15, -0.1) is 0 Å². The molecule has 1 aromatic carbocycles. The highest BCUT2D eigenvalue weighted by molar-refractivity contribution is 5.92. The van der Waals surface area contributed by atoms with Crippen LogP contribution in [0.5, 0.6) is 0 Å². The van der Waals surface area contributed by atoms with E-state index in [1.807, 2.05) is 0 Å². The van der Waals surface area contributed by atoms with Gasteiger partial charge in [0.05, 0.1) is 5.69 Å². The van der Waals surface area contributed by atoms with Crippen LogP contribution in [0.1, 0.15) is 19.8 Å². The molecule has 7 heteroatoms. The van der Waals surface area contributed by atoms with Crippen molar-refractivity contribution in [2.45, 2.75) is 19.8 Å². The Morgan fingerprint density at radius 3 is 2.33 bits per heavy atom. The second kappa shape index (κ2) is 6.15. The van der Waals surface area contributed by atoms with Gasteiger partial charge < -0.3 is 10.2 Å². The highest BCUT2D eigenvalue weighted by atomic mass is 19.2. The molecular weight excluding hydrogens is 285 g/mol. The number of nitrogens with one attached hydrogen (secondary N) is 1. The van der Waals surface area contributed by atoms with Gasteiger partial charge in [-0.05, 0) is 25.0 Å². The van der Waals surface area contributed by atoms with Gasteiger partial charge in [0.25, 0.3) is 0 Å². The number of hydrogen-bond acceptors (Lipinski definition) is 2. The van der Waals surface area contributed by atoms with Crippen LogP contribution in [0.2, 0.25) is 0 Å². The van der Waals surface area contributed by atoms with Gasteiger partial charge in [0.15, 0.2) is 17.5 Å². The molecule has 0 aliphatic carbocycles. The highest BCUT2D eigenvalue weighted by Crippen LogP contribution is 2.23. The normalized spacial score (nSPS) is 15.9. The van der Waals surface area contributed by atoms with Gasteiger partial charge in [0.1, 0.15) is 0 Å². The standard InChI is InChI=1S/C14H15F3N2O2/c1-8(20)19-6-4-9(5-7-19)14(21)18-11-3-2-10(15)12(16)13(11)17/h2-3,9H,4-7H2,1H3,(H,18,21). The van der Waals surface area contributed by atoms with Crippen molar-refractivity contribution < 1.29 is 22.8 Å². The van der Waals surface area contributed by atoms with Gasteiger partial charge >= 0.3 is 0 Å². The maximum atomic E-state index is 13.5. The number of likely N-dealkylation sites (tertiary alicyclic amines) is 1. The predicted molar refractivity (Wildman–Crippen MR) is 69.9 cm³/mol. The Hall–Kier alpha value is -2.05. The summed E-state index contributed by atoms with van der Waals surface area (Å²) in [6, 6.07) is 1.74. The van der Waals surface area contributed by atoms with Gasteiger partial charge in [-0.2, -0.15) is 0 Å². The zero-order valence-corrected chi connectivity index (χ0v) is 11.5. The van der Waals surface area contributed by atoms with Crippen LogP contribution in [-0.2, 0) is 9.59 Å². The van der Waals surface area contributed by atoms with Crippen molar-refractivity contribution in [2.75, 3.05) is 18.4 Å². The maximum absolute atomic E-state index is 13.5. The first-order chi connectivity index (χ1) is 9.90. The van der Waals surface area contributed by atoms with Gasteiger partial charge in [0.2, 0.25) is 11.8 Å². The number of piperidine rings is 1. The Balaban J connectivity index is 2.00. The number of rotatable bonds is 2. The number of hydrogen-bond donors (Lipinski definition) is 1. The first kappa shape index (κ1) is 15.3. The SMILES string of the molecule is CC(=O)N1CCC(C(=O)Nc2ccc(F)c(F)c2F)CC1. The summed E-state index contributed by atoms with van der Waals surface area (Å²) in [6.45, 7) is 2.36. The Kier molecular flexibility index (Phi) is 4.50. The first-order valence-electron chi connectivity index (χ1n) is 6.60. The minimum Gasteiger partial charge on any atom is -0.343 e. The van der Waals surface area contributed by atoms with Crippen molar-refractivity contribution >= 4 is 17.5 Å². The van der Waals surface area contributed by atoms with E-state index in [0.29, 0.717) is 25.9 Å². The lowest BCUT2D eigenvalue weighted by atomic mass is 9.96. The highest BCUT2D eigenvalue weighted by Gasteiger charge is 2.27. The molecule has 0 aromatic heterocycles. The minimum atomic E-state index is -1.61. The van der Waals surface area contributed by atoms with Gasteiger partial charge in [-0.1, -0.05) is 0 Å². The van der Waals surface area contributed by atoms with Crippen molar-refractivity contribution in [1.29, 1.82) is 0 Å². The number of halogens is 3. The van der Waals surface area contributed by atoms with Gasteiger partial charge in [0, 0.05) is 25.9 Å². The van der Waals surface area contributed by atoms with E-state index in [1.165, 1.54) is 6.92 Å². The molecule has 1 heterocycles. The zero-order chi connectivity index (χ0) is 15.6. The topological polar surface area (TPSA) is 49.4 Å². The molecule has 4 nitrogen and oxygen atoms in total. The van der Waals surface area contributed by atoms with Crippen molar-refractivity contribution in [2.24, 2.45) is 5.92 Å². The lowest BCUT2D eigenvalue weighted by Gasteiger charge is -2.30. The van der Waals surface area contributed by atoms with Gasteiger partial charge in [-0.3, -0.25) is 9.59 Å². The largest absolute Gasteiger partial charge is 0.343 e. The smallest absolute Gasteiger partial charge is 0.227 e. The number of anilines is 1. The van der Waals surface area contributed by atoms with Crippen molar-refractivity contribution in [3.63, 3.8) is 0 Å². The fourth-order valence-corrected chi connectivity index (χ4v) is 2.31. The van der Waals surface area contributed by atoms with Gasteiger partial charge in [-0.25, -0.2) is 13.2 Å². The summed E-state index contributed by atoms with van der Waals surface area (Å²) in [5.41, 5.74) is -0.382. The Labute approximate surface area is 119 Å². The summed E-state index contributed by atoms with van der Waals surface area (Å²) >= 11 is 0. The molecule has 1 aliphatic rings. The number of benzene rings is 1. The lowest BCUT2D eigenvalue weighted by Crippen LogP contribution is -2.40. The van der Waals surface area contributed by atoms with E-state index in [0.717, 1.165) is 12.1 Å². The molecule has 0 unspecified atom stereocenters. The van der Waals surface area contributed by atoms with Crippen LogP contribution in [0, 0.1) is 23.4 Å². The van der Waals surface area contributed by atoms with E-state index < -0.39 is 23.4 Å². The summed E-state index contributed by atoms with van der Waals surface area (Å²) in [5, 5.41) is 2.27. The number of carbonyl (C=O) groups is 2. The van der Waals surface area contributed by atoms with Crippen LogP contribution >= 0.6 is 0 Å². The second-order valence-electron chi connectivity index (χ2n) is 4.99. The molecule has 0 bridgehead atoms.